The number of carboxylic acid groups (broad SMARTS) is 1. The molecule has 4 aromatic rings. The van der Waals surface area contributed by atoms with E-state index in [4.69, 9.17) is 4.74 Å². The fourth-order valence-electron chi connectivity index (χ4n) is 6.88. The van der Waals surface area contributed by atoms with Crippen molar-refractivity contribution in [3.8, 4) is 5.75 Å². The fraction of sp³-hybridized carbons (Fsp3) is 0.424. The Morgan fingerprint density at radius 1 is 1.12 bits per heavy atom. The van der Waals surface area contributed by atoms with Crippen molar-refractivity contribution in [3.05, 3.63) is 88.0 Å². The van der Waals surface area contributed by atoms with E-state index in [1.807, 2.05) is 40.0 Å². The molecule has 0 bridgehead atoms. The van der Waals surface area contributed by atoms with Crippen LogP contribution < -0.4 is 4.74 Å². The summed E-state index contributed by atoms with van der Waals surface area (Å²) in [5.41, 5.74) is 7.22. The van der Waals surface area contributed by atoms with Gasteiger partial charge in [0.05, 0.1) is 10.9 Å². The van der Waals surface area contributed by atoms with E-state index in [-0.39, 0.29) is 17.6 Å². The molecule has 2 atom stereocenters. The maximum atomic E-state index is 12.7. The first kappa shape index (κ1) is 26.5. The highest BCUT2D eigenvalue weighted by Gasteiger charge is 2.42. The number of aromatic nitrogens is 3. The molecule has 0 amide bonds. The lowest BCUT2D eigenvalue weighted by atomic mass is 9.69. The van der Waals surface area contributed by atoms with E-state index < -0.39 is 11.4 Å². The summed E-state index contributed by atoms with van der Waals surface area (Å²) in [7, 11) is 1.88. The highest BCUT2D eigenvalue weighted by atomic mass is 16.5. The van der Waals surface area contributed by atoms with Crippen LogP contribution in [0.1, 0.15) is 79.5 Å². The molecule has 208 valence electrons. The number of benzene rings is 3. The Hall–Kier alpha value is -3.71. The van der Waals surface area contributed by atoms with Gasteiger partial charge in [0, 0.05) is 37.7 Å². The third-order valence-corrected chi connectivity index (χ3v) is 8.97. The van der Waals surface area contributed by atoms with Crippen LogP contribution in [0.3, 0.4) is 0 Å². The lowest BCUT2D eigenvalue weighted by molar-refractivity contribution is -0.147. The van der Waals surface area contributed by atoms with Gasteiger partial charge in [-0.1, -0.05) is 47.7 Å². The molecule has 0 radical (unpaired) electrons. The van der Waals surface area contributed by atoms with Gasteiger partial charge in [-0.2, -0.15) is 0 Å². The van der Waals surface area contributed by atoms with Crippen LogP contribution >= 0.6 is 0 Å². The molecule has 7 nitrogen and oxygen atoms in total. The van der Waals surface area contributed by atoms with E-state index in [1.54, 1.807) is 4.68 Å². The summed E-state index contributed by atoms with van der Waals surface area (Å²) >= 11 is 0. The minimum atomic E-state index is -1.04. The summed E-state index contributed by atoms with van der Waals surface area (Å²) in [6.45, 7) is 11.6. The molecule has 0 saturated heterocycles. The van der Waals surface area contributed by atoms with Gasteiger partial charge in [-0.05, 0) is 87.4 Å². The topological polar surface area (TPSA) is 80.5 Å². The quantitative estimate of drug-likeness (QED) is 0.327. The standard InChI is InChI=1S/C33H38N4O3/c1-20-24(14-16-27-30(20)34-35-36(27)6)29(33(4,5)31(38)39)22-12-11-21-13-15-26(25(21)17-22)37-18-23-9-7-8-10-28(23)40-32(2,3)19-37/h7-12,14,16-17,26,29H,13,15,18-19H2,1-6H3,(H,38,39)/t26-,29+/m1/s1. The molecule has 40 heavy (non-hydrogen) atoms. The van der Waals surface area contributed by atoms with Crippen molar-refractivity contribution in [1.29, 1.82) is 0 Å². The molecule has 7 heteroatoms. The average Bonchev–Trinajstić information content (AvgIpc) is 3.45. The molecule has 0 saturated carbocycles. The average molecular weight is 539 g/mol. The molecule has 2 heterocycles. The molecule has 0 fully saturated rings. The monoisotopic (exact) mass is 538 g/mol. The van der Waals surface area contributed by atoms with Gasteiger partial charge in [0.25, 0.3) is 0 Å². The van der Waals surface area contributed by atoms with Gasteiger partial charge in [-0.25, -0.2) is 4.68 Å². The number of ether oxygens (including phenoxy) is 1. The second-order valence-corrected chi connectivity index (χ2v) is 12.7. The zero-order valence-corrected chi connectivity index (χ0v) is 24.2. The highest BCUT2D eigenvalue weighted by Crippen LogP contribution is 2.47. The molecule has 2 aliphatic rings. The van der Waals surface area contributed by atoms with Crippen molar-refractivity contribution >= 4 is 17.0 Å². The summed E-state index contributed by atoms with van der Waals surface area (Å²) < 4.78 is 8.20. The number of carboxylic acids is 1. The van der Waals surface area contributed by atoms with Crippen molar-refractivity contribution in [2.24, 2.45) is 12.5 Å². The Morgan fingerprint density at radius 3 is 2.67 bits per heavy atom. The van der Waals surface area contributed by atoms with Gasteiger partial charge in [-0.3, -0.25) is 9.69 Å². The van der Waals surface area contributed by atoms with Crippen LogP contribution in [0, 0.1) is 12.3 Å². The van der Waals surface area contributed by atoms with Crippen molar-refractivity contribution in [2.75, 3.05) is 6.54 Å². The summed E-state index contributed by atoms with van der Waals surface area (Å²) in [4.78, 5) is 15.3. The number of aryl methyl sites for hydroxylation is 3. The first-order valence-electron chi connectivity index (χ1n) is 14.1. The predicted octanol–water partition coefficient (Wildman–Crippen LogP) is 6.18. The van der Waals surface area contributed by atoms with Crippen LogP contribution in [0.5, 0.6) is 5.75 Å². The largest absolute Gasteiger partial charge is 0.486 e. The Morgan fingerprint density at radius 2 is 1.90 bits per heavy atom. The van der Waals surface area contributed by atoms with Gasteiger partial charge in [0.15, 0.2) is 0 Å². The molecule has 1 aliphatic heterocycles. The van der Waals surface area contributed by atoms with Crippen molar-refractivity contribution in [2.45, 2.75) is 71.6 Å². The van der Waals surface area contributed by atoms with Crippen LogP contribution in [0.2, 0.25) is 0 Å². The first-order chi connectivity index (χ1) is 19.0. The zero-order valence-electron chi connectivity index (χ0n) is 24.2. The molecule has 1 aliphatic carbocycles. The highest BCUT2D eigenvalue weighted by molar-refractivity contribution is 5.81. The van der Waals surface area contributed by atoms with E-state index in [0.717, 1.165) is 59.4 Å². The van der Waals surface area contributed by atoms with E-state index in [2.05, 4.69) is 71.5 Å². The second kappa shape index (κ2) is 9.44. The molecule has 1 aromatic heterocycles. The van der Waals surface area contributed by atoms with Gasteiger partial charge in [0.2, 0.25) is 0 Å². The van der Waals surface area contributed by atoms with Crippen molar-refractivity contribution in [1.82, 2.24) is 19.9 Å². The molecule has 3 aromatic carbocycles. The Bertz CT molecular complexity index is 1620. The van der Waals surface area contributed by atoms with Gasteiger partial charge in [0.1, 0.15) is 16.9 Å². The Balaban J connectivity index is 1.45. The van der Waals surface area contributed by atoms with Gasteiger partial charge >= 0.3 is 5.97 Å². The van der Waals surface area contributed by atoms with E-state index in [1.165, 1.54) is 16.7 Å². The smallest absolute Gasteiger partial charge is 0.310 e. The molecule has 0 unspecified atom stereocenters. The summed E-state index contributed by atoms with van der Waals surface area (Å²) in [6, 6.07) is 19.3. The Kier molecular flexibility index (Phi) is 6.26. The predicted molar refractivity (Wildman–Crippen MR) is 156 cm³/mol. The van der Waals surface area contributed by atoms with E-state index >= 15 is 0 Å². The number of carbonyl (C=O) groups is 1. The Labute approximate surface area is 235 Å². The first-order valence-corrected chi connectivity index (χ1v) is 14.1. The van der Waals surface area contributed by atoms with Gasteiger partial charge < -0.3 is 9.84 Å². The van der Waals surface area contributed by atoms with Crippen LogP contribution in [-0.2, 0) is 24.8 Å². The summed E-state index contributed by atoms with van der Waals surface area (Å²) in [6.07, 6.45) is 2.05. The fourth-order valence-corrected chi connectivity index (χ4v) is 6.88. The number of rotatable bonds is 5. The minimum absolute atomic E-state index is 0.237. The van der Waals surface area contributed by atoms with Crippen LogP contribution in [0.4, 0.5) is 0 Å². The lowest BCUT2D eigenvalue weighted by Crippen LogP contribution is -2.41. The van der Waals surface area contributed by atoms with Crippen LogP contribution in [0.25, 0.3) is 11.0 Å². The number of para-hydroxylation sites is 1. The number of aliphatic carboxylic acids is 1. The maximum absolute atomic E-state index is 12.7. The number of hydrogen-bond acceptors (Lipinski definition) is 5. The molecular formula is C33H38N4O3. The summed E-state index contributed by atoms with van der Waals surface area (Å²) in [5.74, 6) is -0.219. The lowest BCUT2D eigenvalue weighted by Gasteiger charge is -2.35. The van der Waals surface area contributed by atoms with Crippen molar-refractivity contribution < 1.29 is 14.6 Å². The summed E-state index contributed by atoms with van der Waals surface area (Å²) in [5, 5.41) is 19.0. The molecular weight excluding hydrogens is 500 g/mol. The third-order valence-electron chi connectivity index (χ3n) is 8.97. The molecule has 6 rings (SSSR count). The maximum Gasteiger partial charge on any atom is 0.310 e. The molecule has 1 N–H and O–H groups in total. The SMILES string of the molecule is Cc1c([C@H](c2ccc3c(c2)[C@H](N2Cc4ccccc4OC(C)(C)C2)CC3)C(C)(C)C(=O)O)ccc2c1nnn2C. The molecule has 0 spiro atoms. The van der Waals surface area contributed by atoms with E-state index in [0.29, 0.717) is 0 Å². The minimum Gasteiger partial charge on any atom is -0.486 e. The normalized spacial score (nSPS) is 19.5. The second-order valence-electron chi connectivity index (χ2n) is 12.7. The van der Waals surface area contributed by atoms with Crippen molar-refractivity contribution in [3.63, 3.8) is 0 Å². The van der Waals surface area contributed by atoms with Gasteiger partial charge in [-0.15, -0.1) is 5.10 Å². The van der Waals surface area contributed by atoms with Crippen LogP contribution in [0.15, 0.2) is 54.6 Å². The van der Waals surface area contributed by atoms with E-state index in [9.17, 15) is 9.90 Å². The number of fused-ring (bicyclic) bond motifs is 3. The third kappa shape index (κ3) is 4.37. The van der Waals surface area contributed by atoms with Crippen LogP contribution in [-0.4, -0.2) is 43.1 Å². The number of nitrogens with zero attached hydrogens (tertiary/aromatic N) is 4. The number of hydrogen-bond donors (Lipinski definition) is 1. The zero-order chi connectivity index (χ0) is 28.4.